The van der Waals surface area contributed by atoms with Gasteiger partial charge < -0.3 is 5.32 Å². The maximum Gasteiger partial charge on any atom is 0.416 e. The lowest BCUT2D eigenvalue weighted by atomic mass is 10.1. The maximum atomic E-state index is 13.4. The third-order valence-corrected chi connectivity index (χ3v) is 2.42. The second-order valence-electron chi connectivity index (χ2n) is 4.03. The summed E-state index contributed by atoms with van der Waals surface area (Å²) in [4.78, 5) is 0. The number of halogens is 4. The minimum Gasteiger partial charge on any atom is -0.380 e. The summed E-state index contributed by atoms with van der Waals surface area (Å²) in [6.07, 6.45) is -2.74. The summed E-state index contributed by atoms with van der Waals surface area (Å²) in [6, 6.07) is 2.56. The molecule has 1 N–H and O–H groups in total. The van der Waals surface area contributed by atoms with Crippen molar-refractivity contribution in [2.75, 3.05) is 5.32 Å². The van der Waals surface area contributed by atoms with Crippen LogP contribution in [0.15, 0.2) is 18.2 Å². The van der Waals surface area contributed by atoms with Crippen LogP contribution in [0.2, 0.25) is 0 Å². The van der Waals surface area contributed by atoms with Crippen LogP contribution in [0.5, 0.6) is 0 Å². The summed E-state index contributed by atoms with van der Waals surface area (Å²) in [5, 5.41) is 2.85. The summed E-state index contributed by atoms with van der Waals surface area (Å²) >= 11 is 0. The van der Waals surface area contributed by atoms with Gasteiger partial charge in [0.15, 0.2) is 0 Å². The molecule has 96 valence electrons. The number of hydrogen-bond acceptors (Lipinski definition) is 1. The lowest BCUT2D eigenvalue weighted by molar-refractivity contribution is -0.137. The van der Waals surface area contributed by atoms with Gasteiger partial charge in [-0.05, 0) is 31.5 Å². The predicted molar refractivity (Wildman–Crippen MR) is 59.4 cm³/mol. The highest BCUT2D eigenvalue weighted by Gasteiger charge is 2.31. The first-order valence-electron chi connectivity index (χ1n) is 5.48. The standard InChI is InChI=1S/C12H15F4N/c1-3-4-8(2)17-11-6-5-9(7-10(11)13)12(14,15)16/h5-8,17H,3-4H2,1-2H3. The van der Waals surface area contributed by atoms with Gasteiger partial charge in [0.25, 0.3) is 0 Å². The van der Waals surface area contributed by atoms with Crippen molar-refractivity contribution >= 4 is 5.69 Å². The normalized spacial score (nSPS) is 13.5. The van der Waals surface area contributed by atoms with Crippen molar-refractivity contribution in [3.8, 4) is 0 Å². The van der Waals surface area contributed by atoms with E-state index >= 15 is 0 Å². The van der Waals surface area contributed by atoms with Crippen LogP contribution in [-0.4, -0.2) is 6.04 Å². The smallest absolute Gasteiger partial charge is 0.380 e. The van der Waals surface area contributed by atoms with Gasteiger partial charge in [-0.15, -0.1) is 0 Å². The van der Waals surface area contributed by atoms with Crippen LogP contribution in [0.4, 0.5) is 23.2 Å². The van der Waals surface area contributed by atoms with Crippen molar-refractivity contribution in [2.24, 2.45) is 0 Å². The summed E-state index contributed by atoms with van der Waals surface area (Å²) in [7, 11) is 0. The van der Waals surface area contributed by atoms with E-state index < -0.39 is 17.6 Å². The quantitative estimate of drug-likeness (QED) is 0.777. The van der Waals surface area contributed by atoms with E-state index in [1.807, 2.05) is 13.8 Å². The fourth-order valence-electron chi connectivity index (χ4n) is 1.58. The molecule has 0 saturated carbocycles. The lowest BCUT2D eigenvalue weighted by Crippen LogP contribution is -2.16. The number of alkyl halides is 3. The second kappa shape index (κ2) is 5.38. The highest BCUT2D eigenvalue weighted by molar-refractivity contribution is 5.47. The Balaban J connectivity index is 2.83. The van der Waals surface area contributed by atoms with Crippen molar-refractivity contribution in [1.82, 2.24) is 0 Å². The Morgan fingerprint density at radius 1 is 1.29 bits per heavy atom. The van der Waals surface area contributed by atoms with Crippen LogP contribution in [0.25, 0.3) is 0 Å². The molecule has 1 atom stereocenters. The zero-order valence-electron chi connectivity index (χ0n) is 9.74. The molecule has 0 fully saturated rings. The SMILES string of the molecule is CCCC(C)Nc1ccc(C(F)(F)F)cc1F. The molecule has 1 aromatic rings. The van der Waals surface area contributed by atoms with Gasteiger partial charge >= 0.3 is 6.18 Å². The van der Waals surface area contributed by atoms with Gasteiger partial charge in [-0.3, -0.25) is 0 Å². The summed E-state index contributed by atoms with van der Waals surface area (Å²) < 4.78 is 50.3. The molecule has 0 spiro atoms. The summed E-state index contributed by atoms with van der Waals surface area (Å²) in [5.41, 5.74) is -0.859. The number of rotatable bonds is 4. The number of anilines is 1. The Bertz CT molecular complexity index is 373. The van der Waals surface area contributed by atoms with Gasteiger partial charge in [0.05, 0.1) is 11.3 Å². The van der Waals surface area contributed by atoms with Crippen LogP contribution >= 0.6 is 0 Å². The molecule has 0 saturated heterocycles. The van der Waals surface area contributed by atoms with Crippen LogP contribution in [0.3, 0.4) is 0 Å². The molecule has 17 heavy (non-hydrogen) atoms. The highest BCUT2D eigenvalue weighted by atomic mass is 19.4. The van der Waals surface area contributed by atoms with Crippen LogP contribution in [-0.2, 0) is 6.18 Å². The molecule has 0 amide bonds. The van der Waals surface area contributed by atoms with E-state index in [0.717, 1.165) is 25.0 Å². The first-order chi connectivity index (χ1) is 7.84. The average Bonchev–Trinajstić information content (AvgIpc) is 2.20. The number of nitrogens with one attached hydrogen (secondary N) is 1. The third-order valence-electron chi connectivity index (χ3n) is 2.42. The minimum atomic E-state index is -4.51. The zero-order chi connectivity index (χ0) is 13.1. The fourth-order valence-corrected chi connectivity index (χ4v) is 1.58. The van der Waals surface area contributed by atoms with E-state index in [9.17, 15) is 17.6 Å². The number of benzene rings is 1. The van der Waals surface area contributed by atoms with E-state index in [-0.39, 0.29) is 11.7 Å². The summed E-state index contributed by atoms with van der Waals surface area (Å²) in [6.45, 7) is 3.85. The molecule has 0 aromatic heterocycles. The van der Waals surface area contributed by atoms with Crippen molar-refractivity contribution in [3.05, 3.63) is 29.6 Å². The van der Waals surface area contributed by atoms with Crippen molar-refractivity contribution < 1.29 is 17.6 Å². The molecule has 1 nitrogen and oxygen atoms in total. The van der Waals surface area contributed by atoms with Crippen LogP contribution < -0.4 is 5.32 Å². The molecule has 0 aliphatic carbocycles. The van der Waals surface area contributed by atoms with Crippen LogP contribution in [0.1, 0.15) is 32.3 Å². The van der Waals surface area contributed by atoms with Crippen LogP contribution in [0, 0.1) is 5.82 Å². The topological polar surface area (TPSA) is 12.0 Å². The monoisotopic (exact) mass is 249 g/mol. The molecule has 5 heteroatoms. The largest absolute Gasteiger partial charge is 0.416 e. The van der Waals surface area contributed by atoms with Gasteiger partial charge in [0.2, 0.25) is 0 Å². The van der Waals surface area contributed by atoms with Gasteiger partial charge in [0.1, 0.15) is 5.82 Å². The molecular formula is C12H15F4N. The molecular weight excluding hydrogens is 234 g/mol. The maximum absolute atomic E-state index is 13.4. The molecule has 1 rings (SSSR count). The molecule has 0 bridgehead atoms. The zero-order valence-corrected chi connectivity index (χ0v) is 9.74. The molecule has 0 heterocycles. The molecule has 0 radical (unpaired) electrons. The van der Waals surface area contributed by atoms with E-state index in [1.165, 1.54) is 0 Å². The van der Waals surface area contributed by atoms with Crippen molar-refractivity contribution in [1.29, 1.82) is 0 Å². The molecule has 0 aliphatic heterocycles. The van der Waals surface area contributed by atoms with Gasteiger partial charge in [0, 0.05) is 6.04 Å². The van der Waals surface area contributed by atoms with E-state index in [0.29, 0.717) is 6.07 Å². The van der Waals surface area contributed by atoms with Gasteiger partial charge in [-0.25, -0.2) is 4.39 Å². The second-order valence-corrected chi connectivity index (χ2v) is 4.03. The number of hydrogen-bond donors (Lipinski definition) is 1. The summed E-state index contributed by atoms with van der Waals surface area (Å²) in [5.74, 6) is -0.872. The first kappa shape index (κ1) is 13.8. The molecule has 1 unspecified atom stereocenters. The van der Waals surface area contributed by atoms with E-state index in [4.69, 9.17) is 0 Å². The Labute approximate surface area is 97.8 Å². The average molecular weight is 249 g/mol. The van der Waals surface area contributed by atoms with Gasteiger partial charge in [-0.1, -0.05) is 13.3 Å². The Morgan fingerprint density at radius 2 is 1.94 bits per heavy atom. The highest BCUT2D eigenvalue weighted by Crippen LogP contribution is 2.31. The van der Waals surface area contributed by atoms with Crippen molar-refractivity contribution in [3.63, 3.8) is 0 Å². The molecule has 1 aromatic carbocycles. The Morgan fingerprint density at radius 3 is 2.41 bits per heavy atom. The third kappa shape index (κ3) is 3.91. The van der Waals surface area contributed by atoms with E-state index in [2.05, 4.69) is 5.32 Å². The molecule has 0 aliphatic rings. The fraction of sp³-hybridized carbons (Fsp3) is 0.500. The predicted octanol–water partition coefficient (Wildman–Crippen LogP) is 4.45. The first-order valence-corrected chi connectivity index (χ1v) is 5.48. The Hall–Kier alpha value is -1.26. The van der Waals surface area contributed by atoms with E-state index in [1.54, 1.807) is 0 Å². The lowest BCUT2D eigenvalue weighted by Gasteiger charge is -2.16. The minimum absolute atomic E-state index is 0.0336. The Kier molecular flexibility index (Phi) is 4.37. The van der Waals surface area contributed by atoms with Crippen molar-refractivity contribution in [2.45, 2.75) is 38.9 Å². The van der Waals surface area contributed by atoms with Gasteiger partial charge in [-0.2, -0.15) is 13.2 Å².